The van der Waals surface area contributed by atoms with Gasteiger partial charge in [-0.25, -0.2) is 4.98 Å². The Hall–Kier alpha value is -1.53. The van der Waals surface area contributed by atoms with Crippen molar-refractivity contribution in [1.29, 1.82) is 0 Å². The van der Waals surface area contributed by atoms with Gasteiger partial charge in [-0.1, -0.05) is 0 Å². The molecular formula is C15H21N5S. The number of anilines is 1. The molecule has 0 spiro atoms. The molecule has 0 bridgehead atoms. The van der Waals surface area contributed by atoms with Gasteiger partial charge in [0.25, 0.3) is 0 Å². The number of aromatic nitrogens is 3. The topological polar surface area (TPSA) is 53.9 Å². The molecule has 2 aromatic rings. The van der Waals surface area contributed by atoms with E-state index < -0.39 is 0 Å². The minimum absolute atomic E-state index is 0.504. The van der Waals surface area contributed by atoms with Gasteiger partial charge in [0.1, 0.15) is 0 Å². The lowest BCUT2D eigenvalue weighted by molar-refractivity contribution is 0.420. The quantitative estimate of drug-likeness (QED) is 0.939. The minimum atomic E-state index is 0.504. The van der Waals surface area contributed by atoms with Gasteiger partial charge in [0.15, 0.2) is 5.82 Å². The molecule has 1 fully saturated rings. The van der Waals surface area contributed by atoms with Gasteiger partial charge in [-0.15, -0.1) is 16.4 Å². The van der Waals surface area contributed by atoms with E-state index >= 15 is 0 Å². The van der Waals surface area contributed by atoms with E-state index in [1.807, 2.05) is 26.1 Å². The van der Waals surface area contributed by atoms with Crippen LogP contribution in [0.3, 0.4) is 0 Å². The molecule has 112 valence electrons. The zero-order chi connectivity index (χ0) is 14.7. The summed E-state index contributed by atoms with van der Waals surface area (Å²) >= 11 is 1.77. The van der Waals surface area contributed by atoms with Crippen molar-refractivity contribution >= 4 is 17.2 Å². The van der Waals surface area contributed by atoms with Crippen molar-refractivity contribution in [2.45, 2.75) is 39.3 Å². The summed E-state index contributed by atoms with van der Waals surface area (Å²) in [6.07, 6.45) is 4.38. The Morgan fingerprint density at radius 1 is 1.33 bits per heavy atom. The second kappa shape index (κ2) is 6.49. The number of aryl methyl sites for hydroxylation is 2. The maximum atomic E-state index is 4.30. The fourth-order valence-electron chi connectivity index (χ4n) is 2.64. The SMILES string of the molecule is Cc1ccc(N2CCC[C@@H](NCc3cnc(C)s3)C2)nn1. The summed E-state index contributed by atoms with van der Waals surface area (Å²) in [6.45, 7) is 6.98. The average molecular weight is 303 g/mol. The molecule has 0 saturated carbocycles. The smallest absolute Gasteiger partial charge is 0.151 e. The number of nitrogens with zero attached hydrogens (tertiary/aromatic N) is 4. The van der Waals surface area contributed by atoms with Crippen LogP contribution in [0.4, 0.5) is 5.82 Å². The monoisotopic (exact) mass is 303 g/mol. The first-order valence-electron chi connectivity index (χ1n) is 7.40. The zero-order valence-corrected chi connectivity index (χ0v) is 13.4. The highest BCUT2D eigenvalue weighted by molar-refractivity contribution is 7.11. The van der Waals surface area contributed by atoms with Gasteiger partial charge in [0.2, 0.25) is 0 Å². The van der Waals surface area contributed by atoms with Crippen molar-refractivity contribution in [3.63, 3.8) is 0 Å². The predicted octanol–water partition coefficient (Wildman–Crippen LogP) is 2.31. The van der Waals surface area contributed by atoms with Crippen LogP contribution in [0.5, 0.6) is 0 Å². The number of rotatable bonds is 4. The molecule has 1 atom stereocenters. The lowest BCUT2D eigenvalue weighted by Crippen LogP contribution is -2.45. The molecule has 0 unspecified atom stereocenters. The van der Waals surface area contributed by atoms with Gasteiger partial charge in [-0.05, 0) is 38.8 Å². The Bertz CT molecular complexity index is 580. The van der Waals surface area contributed by atoms with Gasteiger partial charge in [0.05, 0.1) is 10.7 Å². The Morgan fingerprint density at radius 3 is 2.95 bits per heavy atom. The molecule has 6 heteroatoms. The van der Waals surface area contributed by atoms with E-state index in [1.54, 1.807) is 11.3 Å². The molecular weight excluding hydrogens is 282 g/mol. The molecule has 1 saturated heterocycles. The van der Waals surface area contributed by atoms with Crippen LogP contribution in [0.2, 0.25) is 0 Å². The van der Waals surface area contributed by atoms with Crippen LogP contribution in [-0.2, 0) is 6.54 Å². The van der Waals surface area contributed by atoms with Crippen LogP contribution >= 0.6 is 11.3 Å². The van der Waals surface area contributed by atoms with Crippen molar-refractivity contribution in [3.05, 3.63) is 33.9 Å². The van der Waals surface area contributed by atoms with Gasteiger partial charge in [-0.2, -0.15) is 5.10 Å². The maximum Gasteiger partial charge on any atom is 0.151 e. The highest BCUT2D eigenvalue weighted by Crippen LogP contribution is 2.18. The number of hydrogen-bond donors (Lipinski definition) is 1. The van der Waals surface area contributed by atoms with Crippen LogP contribution in [0.1, 0.15) is 28.4 Å². The molecule has 5 nitrogen and oxygen atoms in total. The van der Waals surface area contributed by atoms with Gasteiger partial charge >= 0.3 is 0 Å². The summed E-state index contributed by atoms with van der Waals surface area (Å²) in [5.74, 6) is 0.987. The molecule has 0 radical (unpaired) electrons. The third-order valence-electron chi connectivity index (χ3n) is 3.76. The van der Waals surface area contributed by atoms with Gasteiger partial charge in [-0.3, -0.25) is 0 Å². The maximum absolute atomic E-state index is 4.30. The summed E-state index contributed by atoms with van der Waals surface area (Å²) in [5.41, 5.74) is 0.964. The summed E-state index contributed by atoms with van der Waals surface area (Å²) < 4.78 is 0. The third-order valence-corrected chi connectivity index (χ3v) is 4.68. The predicted molar refractivity (Wildman–Crippen MR) is 85.7 cm³/mol. The average Bonchev–Trinajstić information content (AvgIpc) is 2.92. The van der Waals surface area contributed by atoms with E-state index in [2.05, 4.69) is 31.5 Å². The van der Waals surface area contributed by atoms with Crippen LogP contribution in [0.15, 0.2) is 18.3 Å². The van der Waals surface area contributed by atoms with E-state index in [0.29, 0.717) is 6.04 Å². The number of piperidine rings is 1. The summed E-state index contributed by atoms with van der Waals surface area (Å²) in [5, 5.41) is 13.2. The second-order valence-corrected chi connectivity index (χ2v) is 6.86. The number of nitrogens with one attached hydrogen (secondary N) is 1. The van der Waals surface area contributed by atoms with Crippen LogP contribution in [0.25, 0.3) is 0 Å². The Kier molecular flexibility index (Phi) is 4.45. The summed E-state index contributed by atoms with van der Waals surface area (Å²) in [7, 11) is 0. The molecule has 1 N–H and O–H groups in total. The standard InChI is InChI=1S/C15H21N5S/c1-11-5-6-15(19-18-11)20-7-3-4-13(10-20)17-9-14-8-16-12(2)21-14/h5-6,8,13,17H,3-4,7,9-10H2,1-2H3/t13-/m1/s1. The van der Waals surface area contributed by atoms with Gasteiger partial charge < -0.3 is 10.2 Å². The fraction of sp³-hybridized carbons (Fsp3) is 0.533. The largest absolute Gasteiger partial charge is 0.354 e. The first kappa shape index (κ1) is 14.4. The van der Waals surface area contributed by atoms with Crippen LogP contribution in [-0.4, -0.2) is 34.3 Å². The summed E-state index contributed by atoms with van der Waals surface area (Å²) in [6, 6.07) is 4.60. The molecule has 2 aromatic heterocycles. The zero-order valence-electron chi connectivity index (χ0n) is 12.5. The Labute approximate surface area is 129 Å². The highest BCUT2D eigenvalue weighted by Gasteiger charge is 2.20. The van der Waals surface area contributed by atoms with E-state index in [4.69, 9.17) is 0 Å². The number of thiazole rings is 1. The second-order valence-electron chi connectivity index (χ2n) is 5.54. The first-order valence-corrected chi connectivity index (χ1v) is 8.22. The normalized spacial score (nSPS) is 19.0. The van der Waals surface area contributed by atoms with Gasteiger partial charge in [0, 0.05) is 36.8 Å². The Morgan fingerprint density at radius 2 is 2.24 bits per heavy atom. The third kappa shape index (κ3) is 3.77. The molecule has 1 aliphatic heterocycles. The fourth-order valence-corrected chi connectivity index (χ4v) is 3.39. The van der Waals surface area contributed by atoms with E-state index in [-0.39, 0.29) is 0 Å². The highest BCUT2D eigenvalue weighted by atomic mass is 32.1. The van der Waals surface area contributed by atoms with Crippen LogP contribution in [0, 0.1) is 13.8 Å². The minimum Gasteiger partial charge on any atom is -0.354 e. The van der Waals surface area contributed by atoms with Crippen molar-refractivity contribution in [2.75, 3.05) is 18.0 Å². The van der Waals surface area contributed by atoms with E-state index in [9.17, 15) is 0 Å². The number of hydrogen-bond acceptors (Lipinski definition) is 6. The molecule has 0 aliphatic carbocycles. The Balaban J connectivity index is 1.56. The lowest BCUT2D eigenvalue weighted by Gasteiger charge is -2.33. The molecule has 0 amide bonds. The van der Waals surface area contributed by atoms with E-state index in [0.717, 1.165) is 36.2 Å². The first-order chi connectivity index (χ1) is 10.2. The molecule has 3 heterocycles. The van der Waals surface area contributed by atoms with Crippen molar-refractivity contribution < 1.29 is 0 Å². The van der Waals surface area contributed by atoms with Crippen molar-refractivity contribution in [1.82, 2.24) is 20.5 Å². The van der Waals surface area contributed by atoms with E-state index in [1.165, 1.54) is 17.7 Å². The molecule has 0 aromatic carbocycles. The van der Waals surface area contributed by atoms with Crippen molar-refractivity contribution in [2.24, 2.45) is 0 Å². The van der Waals surface area contributed by atoms with Crippen molar-refractivity contribution in [3.8, 4) is 0 Å². The molecule has 3 rings (SSSR count). The van der Waals surface area contributed by atoms with Crippen LogP contribution < -0.4 is 10.2 Å². The molecule has 1 aliphatic rings. The summed E-state index contributed by atoms with van der Waals surface area (Å²) in [4.78, 5) is 7.93. The lowest BCUT2D eigenvalue weighted by atomic mass is 10.1. The molecule has 21 heavy (non-hydrogen) atoms.